The van der Waals surface area contributed by atoms with Crippen molar-refractivity contribution in [2.75, 3.05) is 11.4 Å². The summed E-state index contributed by atoms with van der Waals surface area (Å²) in [4.78, 5) is 7.07. The number of anilines is 1. The van der Waals surface area contributed by atoms with Gasteiger partial charge in [0.05, 0.1) is 22.8 Å². The van der Waals surface area contributed by atoms with Crippen LogP contribution in [0.2, 0.25) is 0 Å². The number of fused-ring (bicyclic) bond motifs is 4. The maximum Gasteiger partial charge on any atom is 0.157 e. The van der Waals surface area contributed by atoms with Crippen LogP contribution >= 0.6 is 0 Å². The van der Waals surface area contributed by atoms with E-state index < -0.39 is 0 Å². The lowest BCUT2D eigenvalue weighted by Crippen LogP contribution is -2.31. The average molecular weight is 328 g/mol. The molecule has 6 nitrogen and oxygen atoms in total. The first-order valence-corrected chi connectivity index (χ1v) is 8.33. The first-order chi connectivity index (χ1) is 12.3. The van der Waals surface area contributed by atoms with Gasteiger partial charge in [0, 0.05) is 30.8 Å². The summed E-state index contributed by atoms with van der Waals surface area (Å²) in [6, 6.07) is 12.5. The average Bonchev–Trinajstić information content (AvgIpc) is 3.24. The van der Waals surface area contributed by atoms with Gasteiger partial charge in [-0.25, -0.2) is 4.98 Å². The number of benzene rings is 1. The summed E-state index contributed by atoms with van der Waals surface area (Å²) in [5, 5.41) is 16.9. The van der Waals surface area contributed by atoms with E-state index in [0.717, 1.165) is 47.6 Å². The summed E-state index contributed by atoms with van der Waals surface area (Å²) in [6.45, 7) is 3.69. The third kappa shape index (κ3) is 1.96. The van der Waals surface area contributed by atoms with Crippen LogP contribution in [-0.4, -0.2) is 26.1 Å². The highest BCUT2D eigenvalue weighted by atomic mass is 15.2. The van der Waals surface area contributed by atoms with Crippen LogP contribution < -0.4 is 4.90 Å². The number of hydrogen-bond donors (Lipinski definition) is 1. The van der Waals surface area contributed by atoms with Crippen molar-refractivity contribution in [1.29, 1.82) is 5.26 Å². The lowest BCUT2D eigenvalue weighted by atomic mass is 10.1. The number of aromatic amines is 1. The minimum absolute atomic E-state index is 0.640. The fraction of sp³-hybridized carbons (Fsp3) is 0.211. The highest BCUT2D eigenvalue weighted by Crippen LogP contribution is 2.31. The van der Waals surface area contributed by atoms with Crippen molar-refractivity contribution in [2.45, 2.75) is 19.9 Å². The Morgan fingerprint density at radius 3 is 3.04 bits per heavy atom. The monoisotopic (exact) mass is 328 g/mol. The molecule has 0 radical (unpaired) electrons. The van der Waals surface area contributed by atoms with E-state index in [2.05, 4.69) is 37.7 Å². The minimum atomic E-state index is 0.640. The van der Waals surface area contributed by atoms with Gasteiger partial charge in [0.15, 0.2) is 5.65 Å². The van der Waals surface area contributed by atoms with E-state index in [0.29, 0.717) is 5.56 Å². The Labute approximate surface area is 144 Å². The molecule has 0 saturated heterocycles. The SMILES string of the molecule is Cc1cc(N2CCc3[nH]ncc3C2)n2c(nc3ccccc32)c1C#N. The third-order valence-electron chi connectivity index (χ3n) is 4.99. The molecule has 0 saturated carbocycles. The molecule has 0 aliphatic carbocycles. The van der Waals surface area contributed by atoms with Gasteiger partial charge in [-0.1, -0.05) is 12.1 Å². The number of nitrogens with one attached hydrogen (secondary N) is 1. The van der Waals surface area contributed by atoms with Gasteiger partial charge in [-0.2, -0.15) is 10.4 Å². The number of aryl methyl sites for hydroxylation is 1. The normalized spacial score (nSPS) is 14.0. The summed E-state index contributed by atoms with van der Waals surface area (Å²) in [5.74, 6) is 1.08. The molecule has 1 aromatic carbocycles. The smallest absolute Gasteiger partial charge is 0.157 e. The van der Waals surface area contributed by atoms with Crippen molar-refractivity contribution in [2.24, 2.45) is 0 Å². The Kier molecular flexibility index (Phi) is 2.86. The fourth-order valence-corrected chi connectivity index (χ4v) is 3.72. The van der Waals surface area contributed by atoms with E-state index in [4.69, 9.17) is 4.98 Å². The van der Waals surface area contributed by atoms with E-state index in [-0.39, 0.29) is 0 Å². The van der Waals surface area contributed by atoms with E-state index in [1.807, 2.05) is 31.3 Å². The highest BCUT2D eigenvalue weighted by Gasteiger charge is 2.23. The molecule has 0 atom stereocenters. The number of imidazole rings is 1. The first kappa shape index (κ1) is 14.1. The van der Waals surface area contributed by atoms with Crippen molar-refractivity contribution in [3.8, 4) is 6.07 Å². The molecule has 0 amide bonds. The van der Waals surface area contributed by atoms with E-state index in [1.165, 1.54) is 11.3 Å². The van der Waals surface area contributed by atoms with Gasteiger partial charge in [-0.3, -0.25) is 9.50 Å². The second kappa shape index (κ2) is 5.08. The molecule has 25 heavy (non-hydrogen) atoms. The Balaban J connectivity index is 1.80. The molecule has 5 rings (SSSR count). The standard InChI is InChI=1S/C19H16N6/c1-12-8-18(24-7-6-15-13(11-24)10-21-23-15)25-17-5-3-2-4-16(17)22-19(25)14(12)9-20/h2-5,8,10H,6-7,11H2,1H3,(H,21,23). The molecule has 0 spiro atoms. The third-order valence-corrected chi connectivity index (χ3v) is 4.99. The molecule has 6 heteroatoms. The number of para-hydroxylation sites is 2. The summed E-state index contributed by atoms with van der Waals surface area (Å²) < 4.78 is 2.12. The molecule has 1 aliphatic rings. The molecule has 0 bridgehead atoms. The second-order valence-electron chi connectivity index (χ2n) is 6.48. The van der Waals surface area contributed by atoms with Crippen LogP contribution in [0.3, 0.4) is 0 Å². The zero-order valence-electron chi connectivity index (χ0n) is 13.8. The molecular formula is C19H16N6. The molecule has 4 aromatic rings. The largest absolute Gasteiger partial charge is 0.353 e. The number of rotatable bonds is 1. The maximum atomic E-state index is 9.62. The van der Waals surface area contributed by atoms with E-state index >= 15 is 0 Å². The van der Waals surface area contributed by atoms with Gasteiger partial charge in [0.25, 0.3) is 0 Å². The maximum absolute atomic E-state index is 9.62. The molecule has 1 aliphatic heterocycles. The van der Waals surface area contributed by atoms with Crippen LogP contribution in [0.15, 0.2) is 36.5 Å². The zero-order chi connectivity index (χ0) is 17.0. The lowest BCUT2D eigenvalue weighted by molar-refractivity contribution is 0.707. The van der Waals surface area contributed by atoms with Crippen molar-refractivity contribution in [3.05, 3.63) is 58.9 Å². The van der Waals surface area contributed by atoms with Gasteiger partial charge < -0.3 is 4.90 Å². The van der Waals surface area contributed by atoms with Crippen LogP contribution in [0.1, 0.15) is 22.4 Å². The van der Waals surface area contributed by atoms with Gasteiger partial charge >= 0.3 is 0 Å². The number of nitriles is 1. The van der Waals surface area contributed by atoms with E-state index in [9.17, 15) is 5.26 Å². The minimum Gasteiger partial charge on any atom is -0.353 e. The van der Waals surface area contributed by atoms with Gasteiger partial charge in [-0.15, -0.1) is 0 Å². The summed E-state index contributed by atoms with van der Waals surface area (Å²) in [6.07, 6.45) is 2.84. The summed E-state index contributed by atoms with van der Waals surface area (Å²) >= 11 is 0. The van der Waals surface area contributed by atoms with Crippen molar-refractivity contribution >= 4 is 22.5 Å². The summed E-state index contributed by atoms with van der Waals surface area (Å²) in [5.41, 5.74) is 6.71. The second-order valence-corrected chi connectivity index (χ2v) is 6.48. The number of aromatic nitrogens is 4. The van der Waals surface area contributed by atoms with Gasteiger partial charge in [0.2, 0.25) is 0 Å². The number of nitrogens with zero attached hydrogens (tertiary/aromatic N) is 5. The Bertz CT molecular complexity index is 1160. The highest BCUT2D eigenvalue weighted by molar-refractivity contribution is 5.85. The van der Waals surface area contributed by atoms with Crippen molar-refractivity contribution in [3.63, 3.8) is 0 Å². The number of hydrogen-bond acceptors (Lipinski definition) is 4. The molecule has 1 N–H and O–H groups in total. The Hall–Kier alpha value is -3.33. The van der Waals surface area contributed by atoms with Crippen molar-refractivity contribution < 1.29 is 0 Å². The fourth-order valence-electron chi connectivity index (χ4n) is 3.72. The molecule has 122 valence electrons. The number of H-pyrrole nitrogens is 1. The van der Waals surface area contributed by atoms with Crippen LogP contribution in [0.5, 0.6) is 0 Å². The molecule has 0 unspecified atom stereocenters. The predicted molar refractivity (Wildman–Crippen MR) is 95.5 cm³/mol. The first-order valence-electron chi connectivity index (χ1n) is 8.33. The molecule has 4 heterocycles. The predicted octanol–water partition coefficient (Wildman–Crippen LogP) is 2.95. The van der Waals surface area contributed by atoms with Crippen LogP contribution in [-0.2, 0) is 13.0 Å². The molecule has 3 aromatic heterocycles. The van der Waals surface area contributed by atoms with Crippen LogP contribution in [0.25, 0.3) is 16.7 Å². The number of pyridine rings is 1. The topological polar surface area (TPSA) is 73.0 Å². The van der Waals surface area contributed by atoms with E-state index in [1.54, 1.807) is 0 Å². The van der Waals surface area contributed by atoms with Gasteiger partial charge in [-0.05, 0) is 30.7 Å². The molecule has 0 fully saturated rings. The van der Waals surface area contributed by atoms with Crippen molar-refractivity contribution in [1.82, 2.24) is 19.6 Å². The van der Waals surface area contributed by atoms with Gasteiger partial charge in [0.1, 0.15) is 11.9 Å². The zero-order valence-corrected chi connectivity index (χ0v) is 13.8. The van der Waals surface area contributed by atoms with Crippen LogP contribution in [0, 0.1) is 18.3 Å². The quantitative estimate of drug-likeness (QED) is 0.583. The summed E-state index contributed by atoms with van der Waals surface area (Å²) in [7, 11) is 0. The molecular weight excluding hydrogens is 312 g/mol. The lowest BCUT2D eigenvalue weighted by Gasteiger charge is -2.29. The Morgan fingerprint density at radius 1 is 1.28 bits per heavy atom. The Morgan fingerprint density at radius 2 is 2.16 bits per heavy atom. The van der Waals surface area contributed by atoms with Crippen LogP contribution in [0.4, 0.5) is 5.82 Å².